The van der Waals surface area contributed by atoms with Crippen LogP contribution < -0.4 is 16.8 Å². The minimum absolute atomic E-state index is 0. The summed E-state index contributed by atoms with van der Waals surface area (Å²) >= 11 is 8.19. The maximum atomic E-state index is 5.63. The highest BCUT2D eigenvalue weighted by Crippen LogP contribution is 1.86. The number of halogens is 1. The van der Waals surface area contributed by atoms with Gasteiger partial charge in [0, 0.05) is 36.7 Å². The fraction of sp³-hybridized carbons (Fsp3) is 1.00. The molecule has 5 N–H and O–H groups in total. The van der Waals surface area contributed by atoms with Crippen molar-refractivity contribution < 1.29 is 0 Å². The van der Waals surface area contributed by atoms with Gasteiger partial charge < -0.3 is 16.8 Å². The number of hydrogen-bond donors (Lipinski definition) is 5. The Bertz CT molecular complexity index is 92.9. The van der Waals surface area contributed by atoms with Crippen molar-refractivity contribution in [3.05, 3.63) is 0 Å². The summed E-state index contributed by atoms with van der Waals surface area (Å²) in [4.78, 5) is 0. The Hall–Kier alpha value is 0.870. The molecule has 12 heavy (non-hydrogen) atoms. The summed E-state index contributed by atoms with van der Waals surface area (Å²) in [6.45, 7) is 1.36. The van der Waals surface area contributed by atoms with Crippen LogP contribution in [-0.2, 0) is 0 Å². The largest absolute Gasteiger partial charge is 0.329 e. The molecule has 0 spiro atoms. The molecule has 0 bridgehead atoms. The van der Waals surface area contributed by atoms with Gasteiger partial charge in [-0.2, -0.15) is 25.3 Å². The Balaban J connectivity index is 0. The lowest BCUT2D eigenvalue weighted by Gasteiger charge is -2.16. The van der Waals surface area contributed by atoms with E-state index < -0.39 is 0 Å². The molecule has 0 unspecified atom stereocenters. The van der Waals surface area contributed by atoms with E-state index in [2.05, 4.69) is 30.6 Å². The third kappa shape index (κ3) is 7.52. The average Bonchev–Trinajstić information content (AvgIpc) is 2.06. The summed E-state index contributed by atoms with van der Waals surface area (Å²) in [7, 11) is 0. The second-order valence-electron chi connectivity index (χ2n) is 2.47. The fourth-order valence-electron chi connectivity index (χ4n) is 0.605. The molecule has 3 nitrogen and oxygen atoms in total. The first-order valence-electron chi connectivity index (χ1n) is 3.65. The molecule has 0 amide bonds. The van der Waals surface area contributed by atoms with Gasteiger partial charge in [-0.15, -0.1) is 12.4 Å². The normalized spacial score (nSPS) is 15.0. The minimum atomic E-state index is 0. The topological polar surface area (TPSA) is 64.1 Å². The van der Waals surface area contributed by atoms with Crippen LogP contribution in [0.3, 0.4) is 0 Å². The highest BCUT2D eigenvalue weighted by Gasteiger charge is 2.04. The summed E-state index contributed by atoms with van der Waals surface area (Å²) < 4.78 is 0. The Morgan fingerprint density at radius 2 is 1.83 bits per heavy atom. The van der Waals surface area contributed by atoms with E-state index in [-0.39, 0.29) is 24.5 Å². The van der Waals surface area contributed by atoms with E-state index in [4.69, 9.17) is 11.5 Å². The summed E-state index contributed by atoms with van der Waals surface area (Å²) in [6.07, 6.45) is 0. The molecule has 0 saturated heterocycles. The highest BCUT2D eigenvalue weighted by molar-refractivity contribution is 7.80. The van der Waals surface area contributed by atoms with Crippen molar-refractivity contribution in [3.63, 3.8) is 0 Å². The van der Waals surface area contributed by atoms with Crippen LogP contribution in [0.4, 0.5) is 0 Å². The van der Waals surface area contributed by atoms with Crippen molar-refractivity contribution in [2.24, 2.45) is 11.5 Å². The maximum absolute atomic E-state index is 5.63. The van der Waals surface area contributed by atoms with E-state index in [1.807, 2.05) is 0 Å². The van der Waals surface area contributed by atoms with Crippen LogP contribution in [0.2, 0.25) is 0 Å². The van der Waals surface area contributed by atoms with Crippen molar-refractivity contribution in [3.8, 4) is 0 Å². The van der Waals surface area contributed by atoms with Gasteiger partial charge in [-0.25, -0.2) is 0 Å². The molecule has 2 atom stereocenters. The predicted molar refractivity (Wildman–Crippen MR) is 63.8 cm³/mol. The standard InChI is InChI=1S/C6H17N3S2.ClH/c7-1-6(4-11)9-2-5(8)3-10;/h5-6,9-11H,1-4,7-8H2;1H/t5-,6-;/m0./s1. The van der Waals surface area contributed by atoms with Crippen LogP contribution in [0.1, 0.15) is 0 Å². The van der Waals surface area contributed by atoms with Crippen LogP contribution in [0.5, 0.6) is 0 Å². The molecule has 0 aliphatic heterocycles. The van der Waals surface area contributed by atoms with Gasteiger partial charge in [0.05, 0.1) is 0 Å². The quantitative estimate of drug-likeness (QED) is 0.401. The molecule has 0 heterocycles. The van der Waals surface area contributed by atoms with Crippen molar-refractivity contribution in [1.82, 2.24) is 5.32 Å². The highest BCUT2D eigenvalue weighted by atomic mass is 35.5. The number of rotatable bonds is 6. The predicted octanol–water partition coefficient (Wildman–Crippen LogP) is -0.488. The number of nitrogens with two attached hydrogens (primary N) is 2. The second-order valence-corrected chi connectivity index (χ2v) is 3.20. The van der Waals surface area contributed by atoms with Gasteiger partial charge in [0.2, 0.25) is 0 Å². The van der Waals surface area contributed by atoms with Gasteiger partial charge in [0.25, 0.3) is 0 Å². The van der Waals surface area contributed by atoms with Gasteiger partial charge in [0.1, 0.15) is 0 Å². The molecular formula is C6H18ClN3S2. The summed E-state index contributed by atoms with van der Waals surface area (Å²) in [6, 6.07) is 0.372. The molecule has 0 aromatic carbocycles. The Morgan fingerprint density at radius 1 is 1.25 bits per heavy atom. The smallest absolute Gasteiger partial charge is 0.0278 e. The second kappa shape index (κ2) is 9.95. The lowest BCUT2D eigenvalue weighted by Crippen LogP contribution is -2.44. The molecule has 0 aliphatic carbocycles. The molecule has 0 fully saturated rings. The molecule has 0 saturated carbocycles. The van der Waals surface area contributed by atoms with E-state index in [0.717, 1.165) is 12.3 Å². The molecule has 0 rings (SSSR count). The van der Waals surface area contributed by atoms with Crippen molar-refractivity contribution in [1.29, 1.82) is 0 Å². The summed E-state index contributed by atoms with van der Waals surface area (Å²) in [5.74, 6) is 1.44. The minimum Gasteiger partial charge on any atom is -0.329 e. The first-order chi connectivity index (χ1) is 5.24. The Kier molecular flexibility index (Phi) is 12.7. The van der Waals surface area contributed by atoms with E-state index in [0.29, 0.717) is 12.3 Å². The van der Waals surface area contributed by atoms with Crippen molar-refractivity contribution >= 4 is 37.7 Å². The van der Waals surface area contributed by atoms with E-state index >= 15 is 0 Å². The lowest BCUT2D eigenvalue weighted by molar-refractivity contribution is 0.532. The molecule has 0 aromatic rings. The molecule has 0 radical (unpaired) electrons. The monoisotopic (exact) mass is 231 g/mol. The van der Waals surface area contributed by atoms with Crippen LogP contribution in [-0.4, -0.2) is 36.7 Å². The van der Waals surface area contributed by atoms with E-state index in [1.54, 1.807) is 0 Å². The molecule has 6 heteroatoms. The van der Waals surface area contributed by atoms with Crippen LogP contribution in [0, 0.1) is 0 Å². The fourth-order valence-corrected chi connectivity index (χ4v) is 1.01. The van der Waals surface area contributed by atoms with Gasteiger partial charge in [-0.1, -0.05) is 0 Å². The zero-order chi connectivity index (χ0) is 8.69. The first-order valence-corrected chi connectivity index (χ1v) is 4.91. The van der Waals surface area contributed by atoms with Crippen LogP contribution in [0.25, 0.3) is 0 Å². The number of thiol groups is 2. The van der Waals surface area contributed by atoms with Gasteiger partial charge in [-0.3, -0.25) is 0 Å². The maximum Gasteiger partial charge on any atom is 0.0278 e. The molecule has 0 aliphatic rings. The number of nitrogens with one attached hydrogen (secondary N) is 1. The first kappa shape index (κ1) is 15.3. The molecule has 76 valence electrons. The summed E-state index contributed by atoms with van der Waals surface area (Å²) in [5.41, 5.74) is 11.1. The number of hydrogen-bond acceptors (Lipinski definition) is 5. The Labute approximate surface area is 91.3 Å². The van der Waals surface area contributed by atoms with Gasteiger partial charge in [-0.05, 0) is 0 Å². The van der Waals surface area contributed by atoms with Crippen molar-refractivity contribution in [2.45, 2.75) is 12.1 Å². The molecular weight excluding hydrogens is 214 g/mol. The lowest BCUT2D eigenvalue weighted by atomic mass is 10.3. The third-order valence-corrected chi connectivity index (χ3v) is 2.32. The van der Waals surface area contributed by atoms with Gasteiger partial charge in [0.15, 0.2) is 0 Å². The van der Waals surface area contributed by atoms with Crippen LogP contribution >= 0.6 is 37.7 Å². The summed E-state index contributed by atoms with van der Waals surface area (Å²) in [5, 5.41) is 3.19. The van der Waals surface area contributed by atoms with Crippen molar-refractivity contribution in [2.75, 3.05) is 24.6 Å². The van der Waals surface area contributed by atoms with E-state index in [1.165, 1.54) is 0 Å². The SMILES string of the molecule is Cl.NC[C@@H](CS)NC[C@H](N)CS. The van der Waals surface area contributed by atoms with Crippen LogP contribution in [0.15, 0.2) is 0 Å². The van der Waals surface area contributed by atoms with Gasteiger partial charge >= 0.3 is 0 Å². The zero-order valence-electron chi connectivity index (χ0n) is 6.94. The van der Waals surface area contributed by atoms with E-state index in [9.17, 15) is 0 Å². The average molecular weight is 232 g/mol. The third-order valence-electron chi connectivity index (χ3n) is 1.41. The Morgan fingerprint density at radius 3 is 2.17 bits per heavy atom. The molecule has 0 aromatic heterocycles. The zero-order valence-corrected chi connectivity index (χ0v) is 9.55.